The minimum Gasteiger partial charge on any atom is -0.451 e. The molecule has 3 aromatic rings. The number of halogens is 1. The maximum absolute atomic E-state index is 13.5. The summed E-state index contributed by atoms with van der Waals surface area (Å²) in [4.78, 5) is 53.5. The molecule has 6 atom stereocenters. The number of nitrogens with zero attached hydrogens (tertiary/aromatic N) is 1. The molecule has 3 fully saturated rings. The average molecular weight is 528 g/mol. The first-order chi connectivity index (χ1) is 18.3. The van der Waals surface area contributed by atoms with Gasteiger partial charge in [0.2, 0.25) is 17.6 Å². The summed E-state index contributed by atoms with van der Waals surface area (Å²) in [6.45, 7) is 1.51. The molecule has 2 amide bonds. The standard InChI is InChI=1S/C31H26ClNO5/c1-17(28(34)19-7-11-22(32)12-8-19)38-31(37)20-9-13-23(14-10-20)33-29(35)26-21-15-24(18-5-3-2-4-6-18)25(16-21)27(26)30(33)36/h2-14,17,21,24-27H,15-16H2,1H3/t17-,21-,24-,25+,26+,27+/m0/s1. The minimum absolute atomic E-state index is 0.142. The number of carbonyl (C=O) groups excluding carboxylic acids is 4. The molecule has 1 heterocycles. The lowest BCUT2D eigenvalue weighted by Crippen LogP contribution is -2.33. The number of hydrogen-bond acceptors (Lipinski definition) is 5. The van der Waals surface area contributed by atoms with Crippen LogP contribution in [0.15, 0.2) is 78.9 Å². The third kappa shape index (κ3) is 4.04. The van der Waals surface area contributed by atoms with Crippen LogP contribution in [0.2, 0.25) is 5.02 Å². The highest BCUT2D eigenvalue weighted by atomic mass is 35.5. The summed E-state index contributed by atoms with van der Waals surface area (Å²) in [6.07, 6.45) is 0.857. The number of ketones is 1. The van der Waals surface area contributed by atoms with Crippen LogP contribution in [0.4, 0.5) is 5.69 Å². The van der Waals surface area contributed by atoms with Gasteiger partial charge in [0.25, 0.3) is 0 Å². The number of Topliss-reactive ketones (excluding diaryl/α,β-unsaturated/α-hetero) is 1. The van der Waals surface area contributed by atoms with Gasteiger partial charge in [0.1, 0.15) is 0 Å². The first kappa shape index (κ1) is 24.6. The molecule has 2 saturated carbocycles. The van der Waals surface area contributed by atoms with Gasteiger partial charge in [-0.25, -0.2) is 4.79 Å². The third-order valence-electron chi connectivity index (χ3n) is 8.39. The molecule has 0 N–H and O–H groups in total. The molecule has 38 heavy (non-hydrogen) atoms. The van der Waals surface area contributed by atoms with Crippen molar-refractivity contribution in [2.45, 2.75) is 31.8 Å². The van der Waals surface area contributed by atoms with Gasteiger partial charge in [0.15, 0.2) is 6.10 Å². The van der Waals surface area contributed by atoms with Crippen molar-refractivity contribution in [1.82, 2.24) is 0 Å². The van der Waals surface area contributed by atoms with Crippen LogP contribution in [-0.2, 0) is 14.3 Å². The van der Waals surface area contributed by atoms with E-state index in [0.29, 0.717) is 22.2 Å². The van der Waals surface area contributed by atoms with E-state index in [9.17, 15) is 19.2 Å². The number of imide groups is 1. The highest BCUT2D eigenvalue weighted by Crippen LogP contribution is 2.61. The second kappa shape index (κ2) is 9.52. The smallest absolute Gasteiger partial charge is 0.338 e. The molecule has 2 bridgehead atoms. The Balaban J connectivity index is 1.15. The lowest BCUT2D eigenvalue weighted by atomic mass is 9.73. The number of benzene rings is 3. The van der Waals surface area contributed by atoms with Crippen LogP contribution in [0.25, 0.3) is 0 Å². The summed E-state index contributed by atoms with van der Waals surface area (Å²) in [5.74, 6) is -1.17. The maximum atomic E-state index is 13.5. The molecular formula is C31H26ClNO5. The summed E-state index contributed by atoms with van der Waals surface area (Å²) in [6, 6.07) is 22.8. The number of fused-ring (bicyclic) bond motifs is 5. The topological polar surface area (TPSA) is 80.8 Å². The van der Waals surface area contributed by atoms with Crippen LogP contribution in [0, 0.1) is 23.7 Å². The van der Waals surface area contributed by atoms with Crippen molar-refractivity contribution >= 4 is 40.9 Å². The Bertz CT molecular complexity index is 1420. The van der Waals surface area contributed by atoms with Crippen LogP contribution in [0.5, 0.6) is 0 Å². The Labute approximate surface area is 225 Å². The molecule has 3 aromatic carbocycles. The van der Waals surface area contributed by atoms with Crippen molar-refractivity contribution in [3.05, 3.63) is 101 Å². The third-order valence-corrected chi connectivity index (χ3v) is 8.64. The number of rotatable bonds is 6. The van der Waals surface area contributed by atoms with Crippen molar-refractivity contribution in [2.24, 2.45) is 23.7 Å². The first-order valence-electron chi connectivity index (χ1n) is 12.9. The van der Waals surface area contributed by atoms with Crippen molar-refractivity contribution in [3.63, 3.8) is 0 Å². The molecule has 2 aliphatic carbocycles. The van der Waals surface area contributed by atoms with Crippen molar-refractivity contribution in [1.29, 1.82) is 0 Å². The second-order valence-corrected chi connectivity index (χ2v) is 10.9. The minimum atomic E-state index is -0.988. The van der Waals surface area contributed by atoms with E-state index >= 15 is 0 Å². The van der Waals surface area contributed by atoms with Gasteiger partial charge < -0.3 is 4.74 Å². The van der Waals surface area contributed by atoms with E-state index in [1.807, 2.05) is 18.2 Å². The van der Waals surface area contributed by atoms with Gasteiger partial charge in [0, 0.05) is 10.6 Å². The maximum Gasteiger partial charge on any atom is 0.338 e. The van der Waals surface area contributed by atoms with Crippen LogP contribution >= 0.6 is 11.6 Å². The summed E-state index contributed by atoms with van der Waals surface area (Å²) in [7, 11) is 0. The highest BCUT2D eigenvalue weighted by Gasteiger charge is 2.64. The average Bonchev–Trinajstić information content (AvgIpc) is 3.60. The molecule has 1 aliphatic heterocycles. The zero-order valence-electron chi connectivity index (χ0n) is 20.8. The number of ether oxygens (including phenoxy) is 1. The van der Waals surface area contributed by atoms with Crippen molar-refractivity contribution in [3.8, 4) is 0 Å². The highest BCUT2D eigenvalue weighted by molar-refractivity contribution is 6.30. The van der Waals surface area contributed by atoms with Gasteiger partial charge in [-0.15, -0.1) is 0 Å². The largest absolute Gasteiger partial charge is 0.451 e. The van der Waals surface area contributed by atoms with Crippen molar-refractivity contribution < 1.29 is 23.9 Å². The van der Waals surface area contributed by atoms with Gasteiger partial charge in [-0.1, -0.05) is 41.9 Å². The molecule has 0 aromatic heterocycles. The number of amides is 2. The molecule has 6 rings (SSSR count). The Kier molecular flexibility index (Phi) is 6.15. The van der Waals surface area contributed by atoms with Crippen LogP contribution in [0.3, 0.4) is 0 Å². The number of carbonyl (C=O) groups is 4. The molecule has 0 spiro atoms. The normalized spacial score (nSPS) is 26.4. The Morgan fingerprint density at radius 1 is 0.842 bits per heavy atom. The first-order valence-corrected chi connectivity index (χ1v) is 13.2. The second-order valence-electron chi connectivity index (χ2n) is 10.4. The molecule has 0 unspecified atom stereocenters. The SMILES string of the molecule is C[C@H](OC(=O)c1ccc(N2C(=O)[C@@H]3[C@@H]4C[C@@H]([C@H]3C2=O)[C@H](c2ccccc2)C4)cc1)C(=O)c1ccc(Cl)cc1. The number of anilines is 1. The zero-order chi connectivity index (χ0) is 26.6. The van der Waals surface area contributed by atoms with Crippen molar-refractivity contribution in [2.75, 3.05) is 4.90 Å². The molecule has 1 saturated heterocycles. The monoisotopic (exact) mass is 527 g/mol. The Morgan fingerprint density at radius 3 is 2.16 bits per heavy atom. The summed E-state index contributed by atoms with van der Waals surface area (Å²) < 4.78 is 5.37. The summed E-state index contributed by atoms with van der Waals surface area (Å²) in [5, 5.41) is 0.508. The van der Waals surface area contributed by atoms with E-state index in [1.165, 1.54) is 29.5 Å². The predicted octanol–water partition coefficient (Wildman–Crippen LogP) is 5.70. The predicted molar refractivity (Wildman–Crippen MR) is 142 cm³/mol. The number of hydrogen-bond donors (Lipinski definition) is 0. The summed E-state index contributed by atoms with van der Waals surface area (Å²) in [5.41, 5.74) is 2.31. The van der Waals surface area contributed by atoms with Crippen LogP contribution < -0.4 is 4.90 Å². The van der Waals surface area contributed by atoms with E-state index in [0.717, 1.165) is 12.8 Å². The molecule has 3 aliphatic rings. The number of esters is 1. The lowest BCUT2D eigenvalue weighted by Gasteiger charge is -2.28. The van der Waals surface area contributed by atoms with Crippen LogP contribution in [-0.4, -0.2) is 29.7 Å². The van der Waals surface area contributed by atoms with Gasteiger partial charge in [0.05, 0.1) is 23.1 Å². The molecule has 7 heteroatoms. The van der Waals surface area contributed by atoms with Gasteiger partial charge in [-0.05, 0) is 91.6 Å². The lowest BCUT2D eigenvalue weighted by molar-refractivity contribution is -0.123. The zero-order valence-corrected chi connectivity index (χ0v) is 21.5. The molecule has 6 nitrogen and oxygen atoms in total. The fourth-order valence-electron chi connectivity index (χ4n) is 6.67. The van der Waals surface area contributed by atoms with Gasteiger partial charge in [-0.2, -0.15) is 0 Å². The summed E-state index contributed by atoms with van der Waals surface area (Å²) >= 11 is 5.87. The fraction of sp³-hybridized carbons (Fsp3) is 0.290. The van der Waals surface area contributed by atoms with E-state index < -0.39 is 12.1 Å². The van der Waals surface area contributed by atoms with Crippen LogP contribution in [0.1, 0.15) is 52.0 Å². The van der Waals surface area contributed by atoms with E-state index in [4.69, 9.17) is 16.3 Å². The Hall–Kier alpha value is -3.77. The van der Waals surface area contributed by atoms with Gasteiger partial charge >= 0.3 is 5.97 Å². The van der Waals surface area contributed by atoms with Gasteiger partial charge in [-0.3, -0.25) is 19.3 Å². The van der Waals surface area contributed by atoms with E-state index in [1.54, 1.807) is 36.4 Å². The van der Waals surface area contributed by atoms with E-state index in [2.05, 4.69) is 12.1 Å². The van der Waals surface area contributed by atoms with E-state index in [-0.39, 0.29) is 46.8 Å². The molecular weight excluding hydrogens is 502 g/mol. The Morgan fingerprint density at radius 2 is 1.47 bits per heavy atom. The quantitative estimate of drug-likeness (QED) is 0.233. The molecule has 192 valence electrons. The molecule has 0 radical (unpaired) electrons. The fourth-order valence-corrected chi connectivity index (χ4v) is 6.80.